The van der Waals surface area contributed by atoms with E-state index in [1.165, 1.54) is 12.5 Å². The van der Waals surface area contributed by atoms with Crippen molar-refractivity contribution in [2.45, 2.75) is 260 Å². The number of hydrogen-bond donors (Lipinski definition) is 15. The molecule has 0 aromatic heterocycles. The Morgan fingerprint density at radius 2 is 1.14 bits per heavy atom. The molecule has 5 aliphatic heterocycles. The summed E-state index contributed by atoms with van der Waals surface area (Å²) in [6.45, 7) is 12.3. The molecule has 10 rings (SSSR count). The maximum absolute atomic E-state index is 15.1. The van der Waals surface area contributed by atoms with Gasteiger partial charge in [-0.05, 0) is 111 Å². The molecular weight excluding hydrogens is 1110 g/mol. The second-order valence-corrected chi connectivity index (χ2v) is 28.0. The van der Waals surface area contributed by atoms with Gasteiger partial charge in [0, 0.05) is 5.41 Å². The van der Waals surface area contributed by atoms with Gasteiger partial charge in [0.15, 0.2) is 25.2 Å². The molecule has 15 N–H and O–H groups in total. The molecule has 5 heterocycles. The van der Waals surface area contributed by atoms with Crippen LogP contribution < -0.4 is 0 Å². The Labute approximate surface area is 488 Å². The van der Waals surface area contributed by atoms with Crippen molar-refractivity contribution in [3.8, 4) is 0 Å². The van der Waals surface area contributed by atoms with E-state index in [4.69, 9.17) is 47.4 Å². The largest absolute Gasteiger partial charge is 0.432 e. The van der Waals surface area contributed by atoms with E-state index in [2.05, 4.69) is 40.7 Å². The zero-order valence-electron chi connectivity index (χ0n) is 49.0. The van der Waals surface area contributed by atoms with Gasteiger partial charge in [-0.1, -0.05) is 53.2 Å². The summed E-state index contributed by atoms with van der Waals surface area (Å²) in [5, 5.41) is 162. The molecule has 10 aliphatic rings. The highest BCUT2D eigenvalue weighted by Crippen LogP contribution is 2.76. The number of hydrogen-bond acceptors (Lipinski definition) is 26. The summed E-state index contributed by atoms with van der Waals surface area (Å²) in [6.07, 6.45) is -28.8. The molecule has 5 aliphatic carbocycles. The Bertz CT molecular complexity index is 2330. The average molecular weight is 1210 g/mol. The molecule has 0 aromatic rings. The van der Waals surface area contributed by atoms with Crippen LogP contribution >= 0.6 is 0 Å². The van der Waals surface area contributed by atoms with Gasteiger partial charge in [-0.3, -0.25) is 4.79 Å². The molecule has 4 saturated carbocycles. The predicted octanol–water partition coefficient (Wildman–Crippen LogP) is -2.93. The van der Waals surface area contributed by atoms with E-state index in [1.54, 1.807) is 0 Å². The Morgan fingerprint density at radius 1 is 0.548 bits per heavy atom. The van der Waals surface area contributed by atoms with E-state index >= 15 is 4.79 Å². The topological polar surface area (TPSA) is 413 Å². The van der Waals surface area contributed by atoms with Crippen LogP contribution in [-0.4, -0.2) is 263 Å². The number of rotatable bonds is 13. The summed E-state index contributed by atoms with van der Waals surface area (Å²) in [6, 6.07) is 0. The van der Waals surface area contributed by atoms with Gasteiger partial charge in [-0.2, -0.15) is 0 Å². The standard InChI is InChI=1S/C58H94O26/c1-24-34(64)45(82-47-40(70)35(65)27(62)21-75-47)43(73)50(77-24)83-46-36(66)28(63)22-76-51(46)80-33-11-12-54(4)31(55(33,5)23-61)10-13-57(7)32(54)9-8-25-26-18-53(2,3)14-16-58(26,17-15-56(25,57)6)52(74)84-49-42(72)39(69)44(30(20-60)79-49)81-48-41(71)38(68)37(67)29(19-59)78-48/h8,24,26-51,59-73H,9-23H2,1-7H3/t24?,26?,27?,28?,29-,30-,31?,32?,33?,34+,35+,36+,37?,38+,39-,40?,41?,42?,43?,44?,45?,46?,47?,48+,49+,50+,51+,54?,55?,56?,57?,58?/m1/s1. The quantitative estimate of drug-likeness (QED) is 0.0499. The monoisotopic (exact) mass is 1210 g/mol. The van der Waals surface area contributed by atoms with Crippen LogP contribution in [-0.2, 0) is 52.2 Å². The Morgan fingerprint density at radius 3 is 1.82 bits per heavy atom. The van der Waals surface area contributed by atoms with Gasteiger partial charge in [0.05, 0.1) is 50.7 Å². The number of aliphatic hydroxyl groups excluding tert-OH is 15. The Balaban J connectivity index is 0.852. The first-order chi connectivity index (χ1) is 39.4. The lowest BCUT2D eigenvalue weighted by atomic mass is 9.33. The molecule has 0 radical (unpaired) electrons. The molecule has 0 bridgehead atoms. The number of aliphatic hydroxyl groups is 15. The highest BCUT2D eigenvalue weighted by Gasteiger charge is 2.71. The first-order valence-electron chi connectivity index (χ1n) is 30.2. The summed E-state index contributed by atoms with van der Waals surface area (Å²) >= 11 is 0. The van der Waals surface area contributed by atoms with Crippen molar-refractivity contribution in [3.63, 3.8) is 0 Å². The molecule has 32 atom stereocenters. The van der Waals surface area contributed by atoms with Crippen LogP contribution in [0.4, 0.5) is 0 Å². The molecule has 0 aromatic carbocycles. The van der Waals surface area contributed by atoms with E-state index in [0.29, 0.717) is 57.8 Å². The van der Waals surface area contributed by atoms with E-state index in [0.717, 1.165) is 6.42 Å². The third kappa shape index (κ3) is 10.8. The second-order valence-electron chi connectivity index (χ2n) is 28.0. The fourth-order valence-electron chi connectivity index (χ4n) is 17.4. The van der Waals surface area contributed by atoms with Crippen LogP contribution in [0.15, 0.2) is 11.6 Å². The number of carbonyl (C=O) groups excluding carboxylic acids is 1. The van der Waals surface area contributed by atoms with Gasteiger partial charge in [0.2, 0.25) is 6.29 Å². The molecule has 0 spiro atoms. The van der Waals surface area contributed by atoms with Crippen molar-refractivity contribution in [2.75, 3.05) is 33.0 Å². The normalized spacial score (nSPS) is 54.9. The lowest BCUT2D eigenvalue weighted by molar-refractivity contribution is -0.379. The maximum atomic E-state index is 15.1. The van der Waals surface area contributed by atoms with Crippen molar-refractivity contribution >= 4 is 5.97 Å². The third-order valence-corrected chi connectivity index (χ3v) is 22.9. The summed E-state index contributed by atoms with van der Waals surface area (Å²) in [7, 11) is 0. The zero-order valence-corrected chi connectivity index (χ0v) is 49.0. The third-order valence-electron chi connectivity index (χ3n) is 22.9. The van der Waals surface area contributed by atoms with E-state index in [9.17, 15) is 76.6 Å². The number of esters is 1. The summed E-state index contributed by atoms with van der Waals surface area (Å²) in [5.41, 5.74) is -1.98. The molecule has 26 nitrogen and oxygen atoms in total. The van der Waals surface area contributed by atoms with Crippen LogP contribution in [0.3, 0.4) is 0 Å². The van der Waals surface area contributed by atoms with Gasteiger partial charge in [-0.15, -0.1) is 0 Å². The number of allylic oxidation sites excluding steroid dienone is 2. The summed E-state index contributed by atoms with van der Waals surface area (Å²) in [4.78, 5) is 15.1. The minimum atomic E-state index is -1.90. The van der Waals surface area contributed by atoms with Crippen molar-refractivity contribution in [1.29, 1.82) is 0 Å². The predicted molar refractivity (Wildman–Crippen MR) is 283 cm³/mol. The van der Waals surface area contributed by atoms with Crippen LogP contribution in [0.1, 0.15) is 113 Å². The molecule has 21 unspecified atom stereocenters. The number of carbonyl (C=O) groups is 1. The molecule has 0 amide bonds. The lowest BCUT2D eigenvalue weighted by Gasteiger charge is -2.71. The molecule has 5 saturated heterocycles. The fraction of sp³-hybridized carbons (Fsp3) is 0.948. The van der Waals surface area contributed by atoms with E-state index < -0.39 is 189 Å². The van der Waals surface area contributed by atoms with Crippen LogP contribution in [0, 0.1) is 50.2 Å². The summed E-state index contributed by atoms with van der Waals surface area (Å²) < 4.78 is 59.6. The first-order valence-corrected chi connectivity index (χ1v) is 30.2. The number of ether oxygens (including phenoxy) is 10. The van der Waals surface area contributed by atoms with Gasteiger partial charge >= 0.3 is 5.97 Å². The van der Waals surface area contributed by atoms with Crippen molar-refractivity contribution in [3.05, 3.63) is 11.6 Å². The van der Waals surface area contributed by atoms with Crippen molar-refractivity contribution < 1.29 is 129 Å². The van der Waals surface area contributed by atoms with Gasteiger partial charge in [0.25, 0.3) is 0 Å². The van der Waals surface area contributed by atoms with E-state index in [-0.39, 0.29) is 47.2 Å². The second kappa shape index (κ2) is 24.1. The van der Waals surface area contributed by atoms with Crippen molar-refractivity contribution in [1.82, 2.24) is 0 Å². The van der Waals surface area contributed by atoms with Crippen LogP contribution in [0.25, 0.3) is 0 Å². The highest BCUT2D eigenvalue weighted by molar-refractivity contribution is 5.79. The molecular formula is C58H94O26. The molecule has 26 heteroatoms. The minimum absolute atomic E-state index is 0.0990. The first kappa shape index (κ1) is 65.2. The van der Waals surface area contributed by atoms with Gasteiger partial charge < -0.3 is 124 Å². The molecule has 84 heavy (non-hydrogen) atoms. The zero-order chi connectivity index (χ0) is 61.1. The van der Waals surface area contributed by atoms with Crippen molar-refractivity contribution in [2.24, 2.45) is 50.2 Å². The van der Waals surface area contributed by atoms with Gasteiger partial charge in [-0.25, -0.2) is 0 Å². The fourth-order valence-corrected chi connectivity index (χ4v) is 17.4. The lowest BCUT2D eigenvalue weighted by Crippen LogP contribution is -2.67. The Hall–Kier alpha value is -1.75. The average Bonchev–Trinajstić information content (AvgIpc) is 0.726. The maximum Gasteiger partial charge on any atom is 0.315 e. The van der Waals surface area contributed by atoms with Crippen LogP contribution in [0.2, 0.25) is 0 Å². The SMILES string of the molecule is CC1O[C@@H](OC2[C@H](OC3CCC4(C)C(CCC5(C)C4CC=C4C6CC(C)(C)CCC6(C(=O)O[C@@H]6O[C@H](CO)C(O[C@@H]7O[C@H](CO)C(O)[C@H](O)C7O)[C@H](O)C6O)CCC45C)C3(C)CO)OCC(O)[C@@H]2O)C(O)C(OC2OCC(O)[C@H](O)C2O)[C@H]1O. The van der Waals surface area contributed by atoms with Crippen LogP contribution in [0.5, 0.6) is 0 Å². The van der Waals surface area contributed by atoms with E-state index in [1.807, 2.05) is 6.92 Å². The highest BCUT2D eigenvalue weighted by atomic mass is 16.8. The minimum Gasteiger partial charge on any atom is -0.432 e. The summed E-state index contributed by atoms with van der Waals surface area (Å²) in [5.74, 6) is -0.880. The van der Waals surface area contributed by atoms with Gasteiger partial charge in [0.1, 0.15) is 104 Å². The molecule has 9 fully saturated rings. The Kier molecular flexibility index (Phi) is 18.7. The molecule has 482 valence electrons. The number of fused-ring (bicyclic) bond motifs is 7. The smallest absolute Gasteiger partial charge is 0.315 e.